The van der Waals surface area contributed by atoms with Crippen LogP contribution in [0, 0.1) is 0 Å². The number of piperazine rings is 1. The fraction of sp³-hybridized carbons (Fsp3) is 0.357. The third kappa shape index (κ3) is 6.87. The smallest absolute Gasteiger partial charge is 0.382 e. The molecule has 19 heteroatoms. The molecule has 47 heavy (non-hydrogen) atoms. The van der Waals surface area contributed by atoms with Crippen LogP contribution in [-0.2, 0) is 17.9 Å². The van der Waals surface area contributed by atoms with E-state index in [1.54, 1.807) is 0 Å². The zero-order valence-corrected chi connectivity index (χ0v) is 25.1. The molecule has 0 spiro atoms. The third-order valence-electron chi connectivity index (χ3n) is 7.36. The van der Waals surface area contributed by atoms with Gasteiger partial charge in [0, 0.05) is 35.9 Å². The van der Waals surface area contributed by atoms with Crippen LogP contribution in [0.1, 0.15) is 39.6 Å². The highest BCUT2D eigenvalue weighted by molar-refractivity contribution is 6.30. The number of halogens is 4. The number of carbonyl (C=O) groups excluding carboxylic acids is 3. The molecule has 4 heterocycles. The number of hydrogen-bond acceptors (Lipinski definition) is 9. The number of aromatic nitrogens is 7. The zero-order valence-electron chi connectivity index (χ0n) is 24.3. The maximum Gasteiger partial charge on any atom is 0.416 e. The summed E-state index contributed by atoms with van der Waals surface area (Å²) in [5, 5.41) is 24.2. The van der Waals surface area contributed by atoms with E-state index in [4.69, 9.17) is 11.6 Å². The quantitative estimate of drug-likeness (QED) is 0.231. The van der Waals surface area contributed by atoms with Gasteiger partial charge >= 0.3 is 11.9 Å². The maximum absolute atomic E-state index is 13.7. The Kier molecular flexibility index (Phi) is 8.54. The lowest BCUT2D eigenvalue weighted by atomic mass is 10.2. The predicted octanol–water partition coefficient (Wildman–Crippen LogP) is 0.777. The van der Waals surface area contributed by atoms with Gasteiger partial charge in [0.15, 0.2) is 23.6 Å². The molecule has 4 aromatic rings. The predicted molar refractivity (Wildman–Crippen MR) is 157 cm³/mol. The van der Waals surface area contributed by atoms with Crippen molar-refractivity contribution in [2.75, 3.05) is 19.6 Å². The Bertz CT molecular complexity index is 1900. The summed E-state index contributed by atoms with van der Waals surface area (Å²) in [6, 6.07) is 8.81. The molecule has 1 aromatic carbocycles. The van der Waals surface area contributed by atoms with Crippen molar-refractivity contribution in [2.24, 2.45) is 0 Å². The fourth-order valence-corrected chi connectivity index (χ4v) is 4.95. The van der Waals surface area contributed by atoms with Crippen LogP contribution in [0.4, 0.5) is 13.2 Å². The number of rotatable bonds is 9. The average Bonchev–Trinajstić information content (AvgIpc) is 3.68. The van der Waals surface area contributed by atoms with Gasteiger partial charge in [0.25, 0.3) is 11.8 Å². The Morgan fingerprint density at radius 1 is 1.13 bits per heavy atom. The number of pyridine rings is 1. The maximum atomic E-state index is 13.7. The Labute approximate surface area is 268 Å². The lowest BCUT2D eigenvalue weighted by Gasteiger charge is -2.26. The first-order chi connectivity index (χ1) is 22.4. The molecule has 0 radical (unpaired) electrons. The highest BCUT2D eigenvalue weighted by Gasteiger charge is 2.39. The van der Waals surface area contributed by atoms with Crippen molar-refractivity contribution in [3.8, 4) is 17.2 Å². The van der Waals surface area contributed by atoms with Crippen molar-refractivity contribution in [1.29, 1.82) is 0 Å². The van der Waals surface area contributed by atoms with Crippen molar-refractivity contribution < 1.29 is 32.7 Å². The van der Waals surface area contributed by atoms with Crippen molar-refractivity contribution >= 4 is 29.3 Å². The summed E-state index contributed by atoms with van der Waals surface area (Å²) in [6.45, 7) is -1.61. The Morgan fingerprint density at radius 3 is 2.55 bits per heavy atom. The van der Waals surface area contributed by atoms with Gasteiger partial charge in [-0.3, -0.25) is 19.0 Å². The Morgan fingerprint density at radius 2 is 1.87 bits per heavy atom. The average molecular weight is 675 g/mol. The molecule has 2 fully saturated rings. The first kappa shape index (κ1) is 31.9. The summed E-state index contributed by atoms with van der Waals surface area (Å²) in [5.41, 5.74) is -0.719. The molecule has 1 saturated heterocycles. The summed E-state index contributed by atoms with van der Waals surface area (Å²) >= 11 is 5.96. The number of aliphatic hydroxyl groups is 1. The lowest BCUT2D eigenvalue weighted by molar-refractivity contribution is -0.207. The van der Waals surface area contributed by atoms with E-state index in [0.717, 1.165) is 22.2 Å². The second-order valence-electron chi connectivity index (χ2n) is 10.9. The number of amides is 3. The molecule has 246 valence electrons. The van der Waals surface area contributed by atoms with E-state index in [0.29, 0.717) is 9.59 Å². The van der Waals surface area contributed by atoms with Gasteiger partial charge in [-0.15, -0.1) is 10.2 Å². The van der Waals surface area contributed by atoms with E-state index >= 15 is 0 Å². The molecule has 2 aliphatic rings. The van der Waals surface area contributed by atoms with Gasteiger partial charge in [-0.05, 0) is 49.2 Å². The van der Waals surface area contributed by atoms with Crippen LogP contribution in [0.25, 0.3) is 17.2 Å². The van der Waals surface area contributed by atoms with Gasteiger partial charge in [0.2, 0.25) is 11.7 Å². The molecule has 15 nitrogen and oxygen atoms in total. The van der Waals surface area contributed by atoms with Crippen LogP contribution in [0.2, 0.25) is 5.02 Å². The van der Waals surface area contributed by atoms with Crippen molar-refractivity contribution in [3.05, 3.63) is 75.3 Å². The minimum atomic E-state index is -5.02. The largest absolute Gasteiger partial charge is 0.416 e. The second kappa shape index (κ2) is 12.6. The molecular weight excluding hydrogens is 649 g/mol. The van der Waals surface area contributed by atoms with E-state index in [1.807, 2.05) is 0 Å². The van der Waals surface area contributed by atoms with Crippen molar-refractivity contribution in [2.45, 2.75) is 44.3 Å². The van der Waals surface area contributed by atoms with Crippen LogP contribution in [0.3, 0.4) is 0 Å². The van der Waals surface area contributed by atoms with Crippen molar-refractivity contribution in [3.63, 3.8) is 0 Å². The monoisotopic (exact) mass is 674 g/mol. The van der Waals surface area contributed by atoms with E-state index in [1.165, 1.54) is 47.5 Å². The molecule has 0 bridgehead atoms. The van der Waals surface area contributed by atoms with Crippen LogP contribution < -0.4 is 16.3 Å². The van der Waals surface area contributed by atoms with E-state index in [9.17, 15) is 37.5 Å². The molecule has 0 unspecified atom stereocenters. The molecular formula is C28H26ClF3N10O5. The number of hydrogen-bond donors (Lipinski definition) is 3. The molecule has 6 rings (SSSR count). The minimum absolute atomic E-state index is 0.00233. The first-order valence-corrected chi connectivity index (χ1v) is 14.7. The highest BCUT2D eigenvalue weighted by Crippen LogP contribution is 2.25. The summed E-state index contributed by atoms with van der Waals surface area (Å²) in [5.74, 6) is -2.34. The fourth-order valence-electron chi connectivity index (χ4n) is 4.83. The molecule has 1 saturated carbocycles. The number of alkyl halides is 3. The van der Waals surface area contributed by atoms with Gasteiger partial charge in [0.1, 0.15) is 13.1 Å². The number of nitrogens with one attached hydrogen (secondary N) is 2. The summed E-state index contributed by atoms with van der Waals surface area (Å²) < 4.78 is 42.4. The number of carbonyl (C=O) groups is 3. The van der Waals surface area contributed by atoms with E-state index < -0.39 is 48.8 Å². The van der Waals surface area contributed by atoms with Crippen LogP contribution >= 0.6 is 11.6 Å². The normalized spacial score (nSPS) is 15.8. The lowest BCUT2D eigenvalue weighted by Crippen LogP contribution is -2.50. The van der Waals surface area contributed by atoms with Gasteiger partial charge in [-0.2, -0.15) is 17.9 Å². The van der Waals surface area contributed by atoms with E-state index in [-0.39, 0.29) is 60.1 Å². The molecule has 1 atom stereocenters. The molecule has 3 N–H and O–H groups in total. The van der Waals surface area contributed by atoms with Crippen LogP contribution in [0.5, 0.6) is 0 Å². The topological polar surface area (TPSA) is 182 Å². The molecule has 1 aliphatic heterocycles. The SMILES string of the molecule is O=C1CN(C(=O)c2nc(Cn3nc(-c4ccc(Cl)cc4)n(C[C@H](O)C(F)(F)F)c3=O)nn2-c2ncccc2C(=O)NC2CC2)CCN1. The summed E-state index contributed by atoms with van der Waals surface area (Å²) in [4.78, 5) is 62.1. The van der Waals surface area contributed by atoms with E-state index in [2.05, 4.69) is 30.8 Å². The standard InChI is InChI=1S/C28H26ClF3N10O5/c29-16-5-3-15(4-6-16)22-38-41(27(47)40(22)12-19(43)28(30,31)32)13-20-36-24(26(46)39-11-10-33-21(44)14-39)42(37-20)23-18(2-1-9-34-23)25(45)35-17-7-8-17/h1-6,9,17,19,43H,7-8,10-14H2,(H,33,44)(H,35,45)/t19-/m0/s1. The first-order valence-electron chi connectivity index (χ1n) is 14.4. The third-order valence-corrected chi connectivity index (χ3v) is 7.61. The zero-order chi connectivity index (χ0) is 33.5. The Balaban J connectivity index is 1.42. The molecule has 3 aromatic heterocycles. The van der Waals surface area contributed by atoms with Crippen LogP contribution in [-0.4, -0.2) is 99.8 Å². The summed E-state index contributed by atoms with van der Waals surface area (Å²) in [7, 11) is 0. The molecule has 1 aliphatic carbocycles. The Hall–Kier alpha value is -5.10. The van der Waals surface area contributed by atoms with Gasteiger partial charge in [-0.25, -0.2) is 19.4 Å². The van der Waals surface area contributed by atoms with Gasteiger partial charge in [0.05, 0.1) is 12.1 Å². The minimum Gasteiger partial charge on any atom is -0.382 e. The number of aliphatic hydroxyl groups excluding tert-OH is 1. The number of nitrogens with zero attached hydrogens (tertiary/aromatic N) is 8. The summed E-state index contributed by atoms with van der Waals surface area (Å²) in [6.07, 6.45) is -4.89. The van der Waals surface area contributed by atoms with Gasteiger partial charge in [-0.1, -0.05) is 11.6 Å². The van der Waals surface area contributed by atoms with Crippen LogP contribution in [0.15, 0.2) is 47.4 Å². The molecule has 3 amide bonds. The number of benzene rings is 1. The highest BCUT2D eigenvalue weighted by atomic mass is 35.5. The van der Waals surface area contributed by atoms with Gasteiger partial charge < -0.3 is 20.6 Å². The van der Waals surface area contributed by atoms with Crippen molar-refractivity contribution in [1.82, 2.24) is 49.6 Å². The second-order valence-corrected chi connectivity index (χ2v) is 11.3.